The monoisotopic (exact) mass is 443 g/mol. The Kier molecular flexibility index (Phi) is 4.72. The van der Waals surface area contributed by atoms with Crippen molar-refractivity contribution in [3.63, 3.8) is 0 Å². The van der Waals surface area contributed by atoms with Crippen LogP contribution in [0.15, 0.2) is 40.0 Å². The third-order valence-corrected chi connectivity index (χ3v) is 5.04. The minimum absolute atomic E-state index is 0.0852. The summed E-state index contributed by atoms with van der Waals surface area (Å²) in [5.41, 5.74) is 4.94. The maximum absolute atomic E-state index is 14.6. The molecule has 1 aliphatic heterocycles. The second-order valence-electron chi connectivity index (χ2n) is 6.94. The largest absolute Gasteiger partial charge is 0.452 e. The van der Waals surface area contributed by atoms with Gasteiger partial charge < -0.3 is 15.0 Å². The van der Waals surface area contributed by atoms with Crippen molar-refractivity contribution in [1.29, 1.82) is 0 Å². The number of aliphatic imine (C=N–C) groups is 1. The molecule has 0 unspecified atom stereocenters. The SMILES string of the molecule is C[C@@]1(c2cc(-c3cc(-c4[nH]ncc4Cl)no3)ccc2F)C[C@@H](C(F)(F)F)OC(N)=N1. The first-order valence-corrected chi connectivity index (χ1v) is 9.00. The van der Waals surface area contributed by atoms with Crippen molar-refractivity contribution in [3.05, 3.63) is 46.9 Å². The Labute approximate surface area is 171 Å². The first kappa shape index (κ1) is 20.2. The van der Waals surface area contributed by atoms with E-state index >= 15 is 0 Å². The fourth-order valence-corrected chi connectivity index (χ4v) is 3.48. The maximum Gasteiger partial charge on any atom is 0.425 e. The van der Waals surface area contributed by atoms with Crippen LogP contribution in [0, 0.1) is 5.82 Å². The molecule has 7 nitrogen and oxygen atoms in total. The average Bonchev–Trinajstić information content (AvgIpc) is 3.29. The number of hydrogen-bond acceptors (Lipinski definition) is 6. The van der Waals surface area contributed by atoms with E-state index in [2.05, 4.69) is 25.1 Å². The van der Waals surface area contributed by atoms with Crippen molar-refractivity contribution in [2.75, 3.05) is 0 Å². The average molecular weight is 444 g/mol. The fourth-order valence-electron chi connectivity index (χ4n) is 3.29. The summed E-state index contributed by atoms with van der Waals surface area (Å²) in [6.45, 7) is 1.36. The van der Waals surface area contributed by atoms with Crippen molar-refractivity contribution < 1.29 is 26.8 Å². The number of H-pyrrole nitrogens is 1. The van der Waals surface area contributed by atoms with E-state index in [1.165, 1.54) is 25.3 Å². The Bertz CT molecular complexity index is 1130. The molecular formula is C18H14ClF4N5O2. The molecule has 0 aliphatic carbocycles. The Balaban J connectivity index is 1.73. The Morgan fingerprint density at radius 1 is 1.30 bits per heavy atom. The molecule has 3 heterocycles. The van der Waals surface area contributed by atoms with Gasteiger partial charge in [-0.1, -0.05) is 16.8 Å². The van der Waals surface area contributed by atoms with Gasteiger partial charge in [0.1, 0.15) is 17.2 Å². The predicted molar refractivity (Wildman–Crippen MR) is 99.0 cm³/mol. The van der Waals surface area contributed by atoms with Gasteiger partial charge in [-0.15, -0.1) is 0 Å². The van der Waals surface area contributed by atoms with Gasteiger partial charge in [0, 0.05) is 23.6 Å². The van der Waals surface area contributed by atoms with Crippen LogP contribution in [0.3, 0.4) is 0 Å². The molecule has 1 aromatic carbocycles. The number of halogens is 5. The van der Waals surface area contributed by atoms with Crippen LogP contribution in [0.5, 0.6) is 0 Å². The van der Waals surface area contributed by atoms with Crippen molar-refractivity contribution in [2.24, 2.45) is 10.7 Å². The second-order valence-corrected chi connectivity index (χ2v) is 7.35. The number of nitrogens with zero attached hydrogens (tertiary/aromatic N) is 3. The van der Waals surface area contributed by atoms with Crippen LogP contribution in [-0.4, -0.2) is 33.7 Å². The van der Waals surface area contributed by atoms with E-state index in [1.54, 1.807) is 6.07 Å². The molecular weight excluding hydrogens is 430 g/mol. The fraction of sp³-hybridized carbons (Fsp3) is 0.278. The van der Waals surface area contributed by atoms with E-state index in [1.807, 2.05) is 0 Å². The number of benzene rings is 1. The molecule has 4 rings (SSSR count). The minimum atomic E-state index is -4.68. The highest BCUT2D eigenvalue weighted by molar-refractivity contribution is 6.32. The normalized spacial score (nSPS) is 21.9. The molecule has 2 atom stereocenters. The number of amidine groups is 1. The first-order chi connectivity index (χ1) is 14.1. The Hall–Kier alpha value is -3.08. The van der Waals surface area contributed by atoms with Gasteiger partial charge in [-0.05, 0) is 25.1 Å². The van der Waals surface area contributed by atoms with Gasteiger partial charge in [0.15, 0.2) is 11.9 Å². The van der Waals surface area contributed by atoms with Crippen molar-refractivity contribution in [3.8, 4) is 22.7 Å². The molecule has 3 N–H and O–H groups in total. The Morgan fingerprint density at radius 3 is 2.73 bits per heavy atom. The summed E-state index contributed by atoms with van der Waals surface area (Å²) in [4.78, 5) is 3.96. The molecule has 30 heavy (non-hydrogen) atoms. The number of nitrogens with one attached hydrogen (secondary N) is 1. The van der Waals surface area contributed by atoms with Crippen LogP contribution in [0.25, 0.3) is 22.7 Å². The van der Waals surface area contributed by atoms with Gasteiger partial charge >= 0.3 is 6.18 Å². The summed E-state index contributed by atoms with van der Waals surface area (Å²) in [5.74, 6) is -0.492. The number of nitrogens with two attached hydrogens (primary N) is 1. The molecule has 158 valence electrons. The van der Waals surface area contributed by atoms with Gasteiger partial charge in [-0.2, -0.15) is 18.3 Å². The van der Waals surface area contributed by atoms with Crippen molar-refractivity contribution in [2.45, 2.75) is 31.2 Å². The standard InChI is InChI=1S/C18H14ClF4N5O2/c1-17(6-14(18(21,22)23)29-16(24)26-17)9-4-8(2-3-11(9)20)13-5-12(28-30-13)15-10(19)7-25-27-15/h2-5,7,14H,6H2,1H3,(H2,24,26)(H,25,27)/t14-,17-/m0/s1. The topological polar surface area (TPSA) is 102 Å². The molecule has 12 heteroatoms. The van der Waals surface area contributed by atoms with Gasteiger partial charge in [-0.3, -0.25) is 5.10 Å². The van der Waals surface area contributed by atoms with Gasteiger partial charge in [0.05, 0.1) is 16.8 Å². The van der Waals surface area contributed by atoms with Crippen LogP contribution in [-0.2, 0) is 10.3 Å². The summed E-state index contributed by atoms with van der Waals surface area (Å²) in [7, 11) is 0. The highest BCUT2D eigenvalue weighted by Crippen LogP contribution is 2.42. The smallest absolute Gasteiger partial charge is 0.425 e. The van der Waals surface area contributed by atoms with E-state index in [-0.39, 0.29) is 11.3 Å². The van der Waals surface area contributed by atoms with Crippen LogP contribution >= 0.6 is 11.6 Å². The van der Waals surface area contributed by atoms with E-state index in [9.17, 15) is 17.6 Å². The zero-order chi connectivity index (χ0) is 21.7. The summed E-state index contributed by atoms with van der Waals surface area (Å²) in [6, 6.07) is 4.76. The van der Waals surface area contributed by atoms with Crippen LogP contribution in [0.2, 0.25) is 5.02 Å². The molecule has 1 aliphatic rings. The predicted octanol–water partition coefficient (Wildman–Crippen LogP) is 4.41. The number of alkyl halides is 3. The lowest BCUT2D eigenvalue weighted by molar-refractivity contribution is -0.208. The van der Waals surface area contributed by atoms with E-state index < -0.39 is 36.1 Å². The highest BCUT2D eigenvalue weighted by Gasteiger charge is 2.50. The van der Waals surface area contributed by atoms with E-state index in [0.29, 0.717) is 22.0 Å². The summed E-state index contributed by atoms with van der Waals surface area (Å²) >= 11 is 6.00. The maximum atomic E-state index is 14.6. The molecule has 0 amide bonds. The molecule has 2 aromatic heterocycles. The molecule has 3 aromatic rings. The zero-order valence-electron chi connectivity index (χ0n) is 15.3. The van der Waals surface area contributed by atoms with E-state index in [4.69, 9.17) is 21.9 Å². The Morgan fingerprint density at radius 2 is 2.07 bits per heavy atom. The molecule has 0 radical (unpaired) electrons. The molecule has 0 bridgehead atoms. The summed E-state index contributed by atoms with van der Waals surface area (Å²) < 4.78 is 64.2. The molecule has 0 saturated carbocycles. The lowest BCUT2D eigenvalue weighted by Crippen LogP contribution is -2.46. The summed E-state index contributed by atoms with van der Waals surface area (Å²) in [6.07, 6.45) is -6.13. The lowest BCUT2D eigenvalue weighted by Gasteiger charge is -2.36. The van der Waals surface area contributed by atoms with Crippen LogP contribution in [0.4, 0.5) is 17.6 Å². The zero-order valence-corrected chi connectivity index (χ0v) is 16.1. The molecule has 0 spiro atoms. The third-order valence-electron chi connectivity index (χ3n) is 4.76. The minimum Gasteiger partial charge on any atom is -0.452 e. The quantitative estimate of drug-likeness (QED) is 0.584. The molecule has 0 saturated heterocycles. The summed E-state index contributed by atoms with van der Waals surface area (Å²) in [5, 5.41) is 10.7. The second kappa shape index (κ2) is 7.01. The van der Waals surface area contributed by atoms with Gasteiger partial charge in [0.2, 0.25) is 0 Å². The number of ether oxygens (including phenoxy) is 1. The lowest BCUT2D eigenvalue weighted by atomic mass is 9.84. The number of aromatic nitrogens is 3. The van der Waals surface area contributed by atoms with Crippen LogP contribution in [0.1, 0.15) is 18.9 Å². The highest BCUT2D eigenvalue weighted by atomic mass is 35.5. The van der Waals surface area contributed by atoms with Crippen molar-refractivity contribution in [1.82, 2.24) is 15.4 Å². The van der Waals surface area contributed by atoms with Gasteiger partial charge in [0.25, 0.3) is 6.02 Å². The molecule has 0 fully saturated rings. The first-order valence-electron chi connectivity index (χ1n) is 8.62. The number of hydrogen-bond donors (Lipinski definition) is 2. The third kappa shape index (κ3) is 3.60. The number of aromatic amines is 1. The van der Waals surface area contributed by atoms with Gasteiger partial charge in [-0.25, -0.2) is 9.38 Å². The number of rotatable bonds is 3. The van der Waals surface area contributed by atoms with E-state index in [0.717, 1.165) is 6.07 Å². The van der Waals surface area contributed by atoms with Crippen LogP contribution < -0.4 is 5.73 Å². The van der Waals surface area contributed by atoms with Crippen molar-refractivity contribution >= 4 is 17.6 Å².